The van der Waals surface area contributed by atoms with E-state index in [2.05, 4.69) is 0 Å². The number of carbonyl (C=O) groups excluding carboxylic acids is 1. The Morgan fingerprint density at radius 2 is 2.10 bits per heavy atom. The van der Waals surface area contributed by atoms with E-state index in [-0.39, 0.29) is 29.7 Å². The van der Waals surface area contributed by atoms with Crippen LogP contribution in [0.5, 0.6) is 5.75 Å². The van der Waals surface area contributed by atoms with Crippen molar-refractivity contribution in [3.63, 3.8) is 0 Å². The van der Waals surface area contributed by atoms with Gasteiger partial charge in [0.2, 0.25) is 5.43 Å². The third-order valence-electron chi connectivity index (χ3n) is 6.21. The normalized spacial score (nSPS) is 18.1. The minimum Gasteiger partial charge on any atom is -0.494 e. The molecule has 0 radical (unpaired) electrons. The van der Waals surface area contributed by atoms with Crippen LogP contribution in [0.15, 0.2) is 33.6 Å². The zero-order valence-corrected chi connectivity index (χ0v) is 17.8. The predicted molar refractivity (Wildman–Crippen MR) is 117 cm³/mol. The molecule has 1 unspecified atom stereocenters. The number of furan rings is 1. The van der Waals surface area contributed by atoms with Crippen molar-refractivity contribution in [3.8, 4) is 17.1 Å². The Balaban J connectivity index is 1.74. The Kier molecular flexibility index (Phi) is 4.85. The van der Waals surface area contributed by atoms with Gasteiger partial charge in [0, 0.05) is 30.3 Å². The second-order valence-corrected chi connectivity index (χ2v) is 8.26. The smallest absolute Gasteiger partial charge is 0.343 e. The molecule has 3 aromatic rings. The van der Waals surface area contributed by atoms with Crippen LogP contribution in [0.2, 0.25) is 0 Å². The Morgan fingerprint density at radius 1 is 1.29 bits per heavy atom. The molecule has 0 amide bonds. The van der Waals surface area contributed by atoms with Gasteiger partial charge in [0.1, 0.15) is 17.1 Å². The van der Waals surface area contributed by atoms with Crippen LogP contribution < -0.4 is 15.9 Å². The minimum atomic E-state index is -0.598. The van der Waals surface area contributed by atoms with Gasteiger partial charge in [0.25, 0.3) is 0 Å². The quantitative estimate of drug-likeness (QED) is 0.622. The maximum atomic E-state index is 13.1. The van der Waals surface area contributed by atoms with Crippen molar-refractivity contribution in [2.45, 2.75) is 51.1 Å². The molecule has 0 saturated heterocycles. The first kappa shape index (κ1) is 19.9. The first-order valence-electron chi connectivity index (χ1n) is 10.8. The highest BCUT2D eigenvalue weighted by molar-refractivity contribution is 5.98. The number of aryl methyl sites for hydroxylation is 1. The highest BCUT2D eigenvalue weighted by atomic mass is 16.5. The molecule has 7 heteroatoms. The third kappa shape index (κ3) is 3.24. The maximum Gasteiger partial charge on any atom is 0.343 e. The summed E-state index contributed by atoms with van der Waals surface area (Å²) in [4.78, 5) is 25.5. The lowest BCUT2D eigenvalue weighted by molar-refractivity contribution is 0.0524. The van der Waals surface area contributed by atoms with Gasteiger partial charge in [-0.2, -0.15) is 0 Å². The molecule has 2 N–H and O–H groups in total. The minimum absolute atomic E-state index is 0.0236. The van der Waals surface area contributed by atoms with Crippen molar-refractivity contribution >= 4 is 16.9 Å². The van der Waals surface area contributed by atoms with E-state index in [0.29, 0.717) is 22.4 Å². The van der Waals surface area contributed by atoms with Crippen molar-refractivity contribution < 1.29 is 18.7 Å². The number of esters is 1. The lowest BCUT2D eigenvalue weighted by atomic mass is 9.94. The molecule has 162 valence electrons. The fraction of sp³-hybridized carbons (Fsp3) is 0.417. The van der Waals surface area contributed by atoms with Crippen LogP contribution >= 0.6 is 0 Å². The third-order valence-corrected chi connectivity index (χ3v) is 6.21. The number of ether oxygens (including phenoxy) is 2. The van der Waals surface area contributed by atoms with Crippen molar-refractivity contribution in [2.75, 3.05) is 13.7 Å². The predicted octanol–water partition coefficient (Wildman–Crippen LogP) is 4.12. The van der Waals surface area contributed by atoms with Crippen molar-refractivity contribution in [1.82, 2.24) is 4.57 Å². The molecule has 1 fully saturated rings. The van der Waals surface area contributed by atoms with Crippen LogP contribution in [0.3, 0.4) is 0 Å². The van der Waals surface area contributed by atoms with E-state index in [1.165, 1.54) is 0 Å². The van der Waals surface area contributed by atoms with Crippen LogP contribution in [-0.4, -0.2) is 24.3 Å². The van der Waals surface area contributed by atoms with Gasteiger partial charge in [-0.3, -0.25) is 4.79 Å². The standard InChI is InChI=1S/C24H26N2O5/c1-3-30-24(28)17-12-26(13-7-8-13)21-15(22(17)27)10-9-14(23(21)29-2)20-11-16-18(25)5-4-6-19(16)31-20/h9-13,18H,3-8,25H2,1-2H3. The van der Waals surface area contributed by atoms with E-state index < -0.39 is 5.97 Å². The van der Waals surface area contributed by atoms with Crippen LogP contribution in [-0.2, 0) is 11.2 Å². The number of methoxy groups -OCH3 is 1. The summed E-state index contributed by atoms with van der Waals surface area (Å²) in [5.74, 6) is 1.58. The number of nitrogens with two attached hydrogens (primary N) is 1. The average molecular weight is 422 g/mol. The van der Waals surface area contributed by atoms with E-state index in [9.17, 15) is 9.59 Å². The molecule has 0 bridgehead atoms. The maximum absolute atomic E-state index is 13.1. The summed E-state index contributed by atoms with van der Waals surface area (Å²) in [6.07, 6.45) is 6.41. The number of aromatic nitrogens is 1. The number of nitrogens with zero attached hydrogens (tertiary/aromatic N) is 1. The van der Waals surface area contributed by atoms with E-state index >= 15 is 0 Å². The summed E-state index contributed by atoms with van der Waals surface area (Å²) in [5.41, 5.74) is 8.47. The topological polar surface area (TPSA) is 96.7 Å². The molecule has 1 aromatic carbocycles. The van der Waals surface area contributed by atoms with Crippen molar-refractivity contribution in [2.24, 2.45) is 5.73 Å². The van der Waals surface area contributed by atoms with Gasteiger partial charge in [0.05, 0.1) is 30.2 Å². The molecule has 31 heavy (non-hydrogen) atoms. The van der Waals surface area contributed by atoms with E-state index in [4.69, 9.17) is 19.6 Å². The van der Waals surface area contributed by atoms with Crippen LogP contribution in [0, 0.1) is 0 Å². The SMILES string of the molecule is CCOC(=O)c1cn(C2CC2)c2c(OC)c(-c3cc4c(o3)CCCC4N)ccc2c1=O. The number of carbonyl (C=O) groups is 1. The molecule has 1 saturated carbocycles. The van der Waals surface area contributed by atoms with Crippen molar-refractivity contribution in [3.05, 3.63) is 51.5 Å². The molecule has 2 aliphatic rings. The van der Waals surface area contributed by atoms with Gasteiger partial charge in [-0.05, 0) is 50.8 Å². The van der Waals surface area contributed by atoms with E-state index in [1.54, 1.807) is 26.3 Å². The molecule has 5 rings (SSSR count). The second kappa shape index (κ2) is 7.57. The summed E-state index contributed by atoms with van der Waals surface area (Å²) < 4.78 is 19.1. The van der Waals surface area contributed by atoms with Gasteiger partial charge in [-0.15, -0.1) is 0 Å². The van der Waals surface area contributed by atoms with Gasteiger partial charge < -0.3 is 24.2 Å². The monoisotopic (exact) mass is 422 g/mol. The number of hydrogen-bond donors (Lipinski definition) is 1. The van der Waals surface area contributed by atoms with Gasteiger partial charge in [-0.25, -0.2) is 4.79 Å². The van der Waals surface area contributed by atoms with Gasteiger partial charge in [0.15, 0.2) is 5.75 Å². The number of pyridine rings is 1. The Labute approximate surface area is 179 Å². The number of rotatable bonds is 5. The fourth-order valence-electron chi connectivity index (χ4n) is 4.54. The molecule has 0 aliphatic heterocycles. The molecular formula is C24H26N2O5. The van der Waals surface area contributed by atoms with Crippen molar-refractivity contribution in [1.29, 1.82) is 0 Å². The Hall–Kier alpha value is -3.06. The molecule has 2 aromatic heterocycles. The molecule has 1 atom stereocenters. The first-order valence-corrected chi connectivity index (χ1v) is 10.8. The zero-order chi connectivity index (χ0) is 21.7. The summed E-state index contributed by atoms with van der Waals surface area (Å²) in [5, 5.41) is 0.436. The molecular weight excluding hydrogens is 396 g/mol. The summed E-state index contributed by atoms with van der Waals surface area (Å²) in [7, 11) is 1.59. The van der Waals surface area contributed by atoms with Gasteiger partial charge in [-0.1, -0.05) is 0 Å². The lowest BCUT2D eigenvalue weighted by Crippen LogP contribution is -2.21. The highest BCUT2D eigenvalue weighted by Gasteiger charge is 2.30. The van der Waals surface area contributed by atoms with E-state index in [0.717, 1.165) is 49.0 Å². The fourth-order valence-corrected chi connectivity index (χ4v) is 4.54. The molecule has 2 aliphatic carbocycles. The Morgan fingerprint density at radius 3 is 2.77 bits per heavy atom. The first-order chi connectivity index (χ1) is 15.0. The molecule has 7 nitrogen and oxygen atoms in total. The largest absolute Gasteiger partial charge is 0.494 e. The zero-order valence-electron chi connectivity index (χ0n) is 17.8. The number of hydrogen-bond acceptors (Lipinski definition) is 6. The summed E-state index contributed by atoms with van der Waals surface area (Å²) in [6, 6.07) is 5.77. The Bertz CT molecular complexity index is 1230. The van der Waals surface area contributed by atoms with Crippen LogP contribution in [0.25, 0.3) is 22.2 Å². The summed E-state index contributed by atoms with van der Waals surface area (Å²) >= 11 is 0. The van der Waals surface area contributed by atoms with Gasteiger partial charge >= 0.3 is 5.97 Å². The number of benzene rings is 1. The molecule has 0 spiro atoms. The van der Waals surface area contributed by atoms with E-state index in [1.807, 2.05) is 16.7 Å². The summed E-state index contributed by atoms with van der Waals surface area (Å²) in [6.45, 7) is 1.94. The number of fused-ring (bicyclic) bond motifs is 2. The second-order valence-electron chi connectivity index (χ2n) is 8.26. The average Bonchev–Trinajstić information content (AvgIpc) is 3.51. The van der Waals surface area contributed by atoms with Crippen LogP contribution in [0.4, 0.5) is 0 Å². The lowest BCUT2D eigenvalue weighted by Gasteiger charge is -2.17. The highest BCUT2D eigenvalue weighted by Crippen LogP contribution is 2.44. The van der Waals surface area contributed by atoms with Crippen LogP contribution in [0.1, 0.15) is 66.4 Å². The molecule has 2 heterocycles.